The van der Waals surface area contributed by atoms with Crippen molar-refractivity contribution in [3.8, 4) is 11.4 Å². The molecule has 2 saturated heterocycles. The number of rotatable bonds is 4. The average molecular weight is 384 g/mol. The molecule has 0 saturated carbocycles. The standard InChI is InChI=1S/C19H24N6O3/c1-12(2)18-22-17(23-28-18)13-3-5-15(20-11-13)24-7-9-25(10-8-24)19(27)14-4-6-16(26)21-14/h3,5,11-12,14H,4,6-10H2,1-2H3,(H,21,26). The third kappa shape index (κ3) is 3.69. The highest BCUT2D eigenvalue weighted by atomic mass is 16.5. The molecule has 0 bridgehead atoms. The van der Waals surface area contributed by atoms with Gasteiger partial charge in [0, 0.05) is 50.3 Å². The second-order valence-corrected chi connectivity index (χ2v) is 7.49. The van der Waals surface area contributed by atoms with Gasteiger partial charge in [-0.05, 0) is 18.6 Å². The van der Waals surface area contributed by atoms with Crippen LogP contribution in [0.4, 0.5) is 5.82 Å². The normalized spacial score (nSPS) is 20.0. The van der Waals surface area contributed by atoms with Crippen molar-refractivity contribution in [1.29, 1.82) is 0 Å². The van der Waals surface area contributed by atoms with Crippen LogP contribution >= 0.6 is 0 Å². The Labute approximate surface area is 163 Å². The maximum Gasteiger partial charge on any atom is 0.245 e. The van der Waals surface area contributed by atoms with Gasteiger partial charge in [0.1, 0.15) is 11.9 Å². The number of amides is 2. The van der Waals surface area contributed by atoms with Gasteiger partial charge in [0.25, 0.3) is 0 Å². The molecule has 9 nitrogen and oxygen atoms in total. The van der Waals surface area contributed by atoms with Crippen molar-refractivity contribution in [2.45, 2.75) is 38.6 Å². The van der Waals surface area contributed by atoms with Gasteiger partial charge in [-0.1, -0.05) is 19.0 Å². The van der Waals surface area contributed by atoms with Crippen molar-refractivity contribution >= 4 is 17.6 Å². The molecule has 2 aromatic heterocycles. The number of carbonyl (C=O) groups excluding carboxylic acids is 2. The lowest BCUT2D eigenvalue weighted by molar-refractivity contribution is -0.134. The number of carbonyl (C=O) groups is 2. The fourth-order valence-electron chi connectivity index (χ4n) is 3.47. The SMILES string of the molecule is CC(C)c1nc(-c2ccc(N3CCN(C(=O)C4CCC(=O)N4)CC3)nc2)no1. The van der Waals surface area contributed by atoms with Crippen LogP contribution in [0, 0.1) is 0 Å². The minimum atomic E-state index is -0.359. The van der Waals surface area contributed by atoms with E-state index < -0.39 is 0 Å². The van der Waals surface area contributed by atoms with Gasteiger partial charge in [-0.15, -0.1) is 0 Å². The molecule has 9 heteroatoms. The molecule has 2 fully saturated rings. The fraction of sp³-hybridized carbons (Fsp3) is 0.526. The lowest BCUT2D eigenvalue weighted by Crippen LogP contribution is -2.53. The summed E-state index contributed by atoms with van der Waals surface area (Å²) in [5.41, 5.74) is 0.810. The summed E-state index contributed by atoms with van der Waals surface area (Å²) in [7, 11) is 0. The van der Waals surface area contributed by atoms with E-state index in [1.165, 1.54) is 0 Å². The van der Waals surface area contributed by atoms with Crippen LogP contribution in [0.2, 0.25) is 0 Å². The molecule has 4 heterocycles. The van der Waals surface area contributed by atoms with E-state index in [2.05, 4.69) is 25.3 Å². The van der Waals surface area contributed by atoms with Crippen molar-refractivity contribution in [2.24, 2.45) is 0 Å². The van der Waals surface area contributed by atoms with E-state index in [4.69, 9.17) is 4.52 Å². The van der Waals surface area contributed by atoms with E-state index in [0.29, 0.717) is 50.7 Å². The van der Waals surface area contributed by atoms with E-state index in [1.807, 2.05) is 30.9 Å². The first-order valence-electron chi connectivity index (χ1n) is 9.64. The van der Waals surface area contributed by atoms with Crippen molar-refractivity contribution in [2.75, 3.05) is 31.1 Å². The van der Waals surface area contributed by atoms with Crippen molar-refractivity contribution in [3.63, 3.8) is 0 Å². The average Bonchev–Trinajstić information content (AvgIpc) is 3.37. The number of aromatic nitrogens is 3. The van der Waals surface area contributed by atoms with Gasteiger partial charge in [-0.2, -0.15) is 4.98 Å². The second-order valence-electron chi connectivity index (χ2n) is 7.49. The number of pyridine rings is 1. The minimum Gasteiger partial charge on any atom is -0.353 e. The Morgan fingerprint density at radius 2 is 2.04 bits per heavy atom. The molecule has 148 valence electrons. The van der Waals surface area contributed by atoms with Gasteiger partial charge >= 0.3 is 0 Å². The van der Waals surface area contributed by atoms with E-state index in [9.17, 15) is 9.59 Å². The first kappa shape index (κ1) is 18.4. The highest BCUT2D eigenvalue weighted by Crippen LogP contribution is 2.22. The number of hydrogen-bond acceptors (Lipinski definition) is 7. The van der Waals surface area contributed by atoms with Gasteiger partial charge in [0.05, 0.1) is 0 Å². The molecule has 1 atom stereocenters. The highest BCUT2D eigenvalue weighted by molar-refractivity contribution is 5.90. The van der Waals surface area contributed by atoms with Crippen LogP contribution in [0.3, 0.4) is 0 Å². The van der Waals surface area contributed by atoms with Crippen LogP contribution in [-0.4, -0.2) is 64.1 Å². The smallest absolute Gasteiger partial charge is 0.245 e. The maximum atomic E-state index is 12.5. The Morgan fingerprint density at radius 1 is 1.25 bits per heavy atom. The molecule has 2 aromatic rings. The predicted octanol–water partition coefficient (Wildman–Crippen LogP) is 1.18. The third-order valence-electron chi connectivity index (χ3n) is 5.15. The summed E-state index contributed by atoms with van der Waals surface area (Å²) >= 11 is 0. The van der Waals surface area contributed by atoms with Gasteiger partial charge in [-0.3, -0.25) is 9.59 Å². The summed E-state index contributed by atoms with van der Waals surface area (Å²) in [6, 6.07) is 3.51. The molecule has 4 rings (SSSR count). The van der Waals surface area contributed by atoms with Gasteiger partial charge < -0.3 is 19.6 Å². The topological polar surface area (TPSA) is 104 Å². The number of hydrogen-bond donors (Lipinski definition) is 1. The zero-order chi connectivity index (χ0) is 19.7. The van der Waals surface area contributed by atoms with Gasteiger partial charge in [0.15, 0.2) is 0 Å². The fourth-order valence-corrected chi connectivity index (χ4v) is 3.47. The summed E-state index contributed by atoms with van der Waals surface area (Å²) < 4.78 is 5.25. The van der Waals surface area contributed by atoms with Crippen molar-refractivity contribution in [3.05, 3.63) is 24.2 Å². The molecular formula is C19H24N6O3. The zero-order valence-corrected chi connectivity index (χ0v) is 16.1. The molecule has 2 aliphatic rings. The van der Waals surface area contributed by atoms with Crippen LogP contribution in [0.15, 0.2) is 22.9 Å². The predicted molar refractivity (Wildman–Crippen MR) is 102 cm³/mol. The van der Waals surface area contributed by atoms with Crippen molar-refractivity contribution in [1.82, 2.24) is 25.3 Å². The monoisotopic (exact) mass is 384 g/mol. The number of nitrogens with zero attached hydrogens (tertiary/aromatic N) is 5. The van der Waals surface area contributed by atoms with Gasteiger partial charge in [-0.25, -0.2) is 4.98 Å². The Balaban J connectivity index is 1.35. The van der Waals surface area contributed by atoms with Crippen LogP contribution in [-0.2, 0) is 9.59 Å². The van der Waals surface area contributed by atoms with E-state index in [1.54, 1.807) is 6.20 Å². The summed E-state index contributed by atoms with van der Waals surface area (Å²) in [6.45, 7) is 6.67. The highest BCUT2D eigenvalue weighted by Gasteiger charge is 2.32. The molecule has 28 heavy (non-hydrogen) atoms. The Bertz CT molecular complexity index is 855. The molecule has 0 radical (unpaired) electrons. The summed E-state index contributed by atoms with van der Waals surface area (Å²) in [4.78, 5) is 36.7. The van der Waals surface area contributed by atoms with Crippen LogP contribution in [0.25, 0.3) is 11.4 Å². The quantitative estimate of drug-likeness (QED) is 0.844. The largest absolute Gasteiger partial charge is 0.353 e. The molecule has 2 aliphatic heterocycles. The Kier molecular flexibility index (Phi) is 4.97. The third-order valence-corrected chi connectivity index (χ3v) is 5.15. The first-order valence-corrected chi connectivity index (χ1v) is 9.64. The molecule has 2 amide bonds. The van der Waals surface area contributed by atoms with E-state index in [-0.39, 0.29) is 23.8 Å². The second kappa shape index (κ2) is 7.57. The van der Waals surface area contributed by atoms with Crippen molar-refractivity contribution < 1.29 is 14.1 Å². The van der Waals surface area contributed by atoms with Crippen LogP contribution in [0.1, 0.15) is 38.5 Å². The Hall–Kier alpha value is -2.97. The summed E-state index contributed by atoms with van der Waals surface area (Å²) in [5, 5.41) is 6.76. The van der Waals surface area contributed by atoms with E-state index in [0.717, 1.165) is 11.4 Å². The minimum absolute atomic E-state index is 0.0203. The van der Waals surface area contributed by atoms with Crippen LogP contribution < -0.4 is 10.2 Å². The molecule has 0 spiro atoms. The first-order chi connectivity index (χ1) is 13.5. The Morgan fingerprint density at radius 3 is 2.61 bits per heavy atom. The number of piperazine rings is 1. The number of anilines is 1. The molecular weight excluding hydrogens is 360 g/mol. The molecule has 1 N–H and O–H groups in total. The number of nitrogens with one attached hydrogen (secondary N) is 1. The summed E-state index contributed by atoms with van der Waals surface area (Å²) in [6.07, 6.45) is 2.77. The maximum absolute atomic E-state index is 12.5. The molecule has 0 aromatic carbocycles. The molecule has 1 unspecified atom stereocenters. The summed E-state index contributed by atoms with van der Waals surface area (Å²) in [5.74, 6) is 2.17. The zero-order valence-electron chi connectivity index (χ0n) is 16.1. The molecule has 0 aliphatic carbocycles. The lowest BCUT2D eigenvalue weighted by Gasteiger charge is -2.36. The lowest BCUT2D eigenvalue weighted by atomic mass is 10.2. The van der Waals surface area contributed by atoms with E-state index >= 15 is 0 Å². The van der Waals surface area contributed by atoms with Crippen LogP contribution in [0.5, 0.6) is 0 Å². The van der Waals surface area contributed by atoms with Gasteiger partial charge in [0.2, 0.25) is 23.5 Å².